The van der Waals surface area contributed by atoms with E-state index in [0.717, 1.165) is 38.5 Å². The van der Waals surface area contributed by atoms with Crippen LogP contribution in [-0.2, 0) is 9.59 Å². The summed E-state index contributed by atoms with van der Waals surface area (Å²) in [5.74, 6) is 0.196. The lowest BCUT2D eigenvalue weighted by molar-refractivity contribution is -0.126. The first-order chi connectivity index (χ1) is 11.7. The lowest BCUT2D eigenvalue weighted by Gasteiger charge is -2.31. The van der Waals surface area contributed by atoms with Gasteiger partial charge in [-0.25, -0.2) is 0 Å². The lowest BCUT2D eigenvalue weighted by Crippen LogP contribution is -2.46. The van der Waals surface area contributed by atoms with Crippen LogP contribution in [0.25, 0.3) is 0 Å². The summed E-state index contributed by atoms with van der Waals surface area (Å²) in [4.78, 5) is 24.5. The average Bonchev–Trinajstić information content (AvgIpc) is 2.65. The molecule has 0 aliphatic heterocycles. The first-order valence-corrected chi connectivity index (χ1v) is 9.00. The Morgan fingerprint density at radius 3 is 1.42 bits per heavy atom. The Morgan fingerprint density at radius 2 is 1.08 bits per heavy atom. The predicted octanol–water partition coefficient (Wildman–Crippen LogP) is 2.79. The first kappa shape index (κ1) is 16.7. The molecule has 128 valence electrons. The van der Waals surface area contributed by atoms with E-state index in [9.17, 15) is 9.59 Å². The van der Waals surface area contributed by atoms with E-state index in [2.05, 4.69) is 10.6 Å². The normalized spacial score (nSPS) is 31.7. The average molecular weight is 326 g/mol. The Morgan fingerprint density at radius 1 is 0.667 bits per heavy atom. The molecule has 0 aromatic rings. The molecule has 0 saturated heterocycles. The summed E-state index contributed by atoms with van der Waals surface area (Å²) in [5, 5.41) is 6.34. The zero-order valence-electron chi connectivity index (χ0n) is 14.0. The quantitative estimate of drug-likeness (QED) is 0.834. The summed E-state index contributed by atoms with van der Waals surface area (Å²) in [5.41, 5.74) is 0. The van der Waals surface area contributed by atoms with Crippen LogP contribution in [0.4, 0.5) is 0 Å². The minimum atomic E-state index is -0.0291. The number of rotatable bonds is 4. The highest BCUT2D eigenvalue weighted by Gasteiger charge is 2.26. The second-order valence-electron chi connectivity index (χ2n) is 6.88. The molecule has 3 aliphatic carbocycles. The van der Waals surface area contributed by atoms with E-state index < -0.39 is 0 Å². The van der Waals surface area contributed by atoms with E-state index in [4.69, 9.17) is 0 Å². The molecule has 24 heavy (non-hydrogen) atoms. The van der Waals surface area contributed by atoms with Crippen molar-refractivity contribution in [2.45, 2.75) is 50.6 Å². The molecule has 0 heterocycles. The molecule has 0 spiro atoms. The molecule has 1 fully saturated rings. The summed E-state index contributed by atoms with van der Waals surface area (Å²) in [6, 6.07) is 0.477. The van der Waals surface area contributed by atoms with Crippen molar-refractivity contribution in [1.82, 2.24) is 10.6 Å². The molecular formula is C20H26N2O2. The number of amides is 2. The van der Waals surface area contributed by atoms with Crippen molar-refractivity contribution < 1.29 is 9.59 Å². The number of allylic oxidation sites excluding steroid dienone is 6. The van der Waals surface area contributed by atoms with Crippen LogP contribution in [0, 0.1) is 11.8 Å². The van der Waals surface area contributed by atoms with E-state index in [-0.39, 0.29) is 35.7 Å². The maximum absolute atomic E-state index is 12.3. The van der Waals surface area contributed by atoms with Crippen molar-refractivity contribution in [1.29, 1.82) is 0 Å². The predicted molar refractivity (Wildman–Crippen MR) is 95.1 cm³/mol. The van der Waals surface area contributed by atoms with Gasteiger partial charge < -0.3 is 10.6 Å². The standard InChI is InChI=1S/C20H26N2O2/c23-19(15-7-3-1-4-8-15)21-17-11-13-18(14-12-17)22-20(24)16-9-5-2-6-10-16/h1-7,9,15-18H,8,10-14H2,(H,21,23)(H,22,24). The molecule has 0 aromatic carbocycles. The zero-order chi connectivity index (χ0) is 16.8. The summed E-state index contributed by atoms with van der Waals surface area (Å²) >= 11 is 0. The van der Waals surface area contributed by atoms with Crippen LogP contribution in [-0.4, -0.2) is 23.9 Å². The number of hydrogen-bond donors (Lipinski definition) is 2. The second-order valence-corrected chi connectivity index (χ2v) is 6.88. The molecule has 1 saturated carbocycles. The van der Waals surface area contributed by atoms with Crippen LogP contribution >= 0.6 is 0 Å². The monoisotopic (exact) mass is 326 g/mol. The molecular weight excluding hydrogens is 300 g/mol. The van der Waals surface area contributed by atoms with Gasteiger partial charge in [0.05, 0.1) is 11.8 Å². The third-order valence-electron chi connectivity index (χ3n) is 5.05. The van der Waals surface area contributed by atoms with Gasteiger partial charge in [-0.2, -0.15) is 0 Å². The molecule has 2 amide bonds. The molecule has 0 bridgehead atoms. The van der Waals surface area contributed by atoms with Crippen LogP contribution in [0.2, 0.25) is 0 Å². The fourth-order valence-electron chi connectivity index (χ4n) is 3.55. The molecule has 2 unspecified atom stereocenters. The molecule has 4 heteroatoms. The second kappa shape index (κ2) is 8.13. The third kappa shape index (κ3) is 4.47. The minimum Gasteiger partial charge on any atom is -0.353 e. The fraction of sp³-hybridized carbons (Fsp3) is 0.500. The van der Waals surface area contributed by atoms with Crippen LogP contribution in [0.5, 0.6) is 0 Å². The Balaban J connectivity index is 1.39. The Labute approximate surface area is 143 Å². The topological polar surface area (TPSA) is 58.2 Å². The van der Waals surface area contributed by atoms with Gasteiger partial charge in [0.2, 0.25) is 11.8 Å². The Hall–Kier alpha value is -2.10. The Kier molecular flexibility index (Phi) is 5.68. The van der Waals surface area contributed by atoms with E-state index in [1.54, 1.807) is 0 Å². The number of carbonyl (C=O) groups excluding carboxylic acids is 2. The van der Waals surface area contributed by atoms with Gasteiger partial charge in [0, 0.05) is 12.1 Å². The smallest absolute Gasteiger partial charge is 0.227 e. The van der Waals surface area contributed by atoms with Crippen LogP contribution in [0.15, 0.2) is 48.6 Å². The highest BCUT2D eigenvalue weighted by atomic mass is 16.2. The molecule has 2 N–H and O–H groups in total. The van der Waals surface area contributed by atoms with E-state index in [1.807, 2.05) is 48.6 Å². The maximum atomic E-state index is 12.3. The van der Waals surface area contributed by atoms with Crippen LogP contribution < -0.4 is 10.6 Å². The highest BCUT2D eigenvalue weighted by Crippen LogP contribution is 2.21. The van der Waals surface area contributed by atoms with Crippen molar-refractivity contribution in [2.75, 3.05) is 0 Å². The largest absolute Gasteiger partial charge is 0.353 e. The van der Waals surface area contributed by atoms with Crippen molar-refractivity contribution in [3.05, 3.63) is 48.6 Å². The SMILES string of the molecule is O=C(NC1CCC(NC(=O)C2C=CC=CC2)CC1)C1C=CC=CC1. The van der Waals surface area contributed by atoms with E-state index in [0.29, 0.717) is 0 Å². The van der Waals surface area contributed by atoms with Crippen molar-refractivity contribution in [3.8, 4) is 0 Å². The van der Waals surface area contributed by atoms with Gasteiger partial charge >= 0.3 is 0 Å². The van der Waals surface area contributed by atoms with E-state index in [1.165, 1.54) is 0 Å². The molecule has 0 radical (unpaired) electrons. The van der Waals surface area contributed by atoms with Gasteiger partial charge in [0.25, 0.3) is 0 Å². The van der Waals surface area contributed by atoms with Gasteiger partial charge in [-0.1, -0.05) is 48.6 Å². The number of nitrogens with one attached hydrogen (secondary N) is 2. The molecule has 2 atom stereocenters. The molecule has 3 aliphatic rings. The fourth-order valence-corrected chi connectivity index (χ4v) is 3.55. The van der Waals surface area contributed by atoms with Gasteiger partial charge in [-0.05, 0) is 38.5 Å². The van der Waals surface area contributed by atoms with Crippen LogP contribution in [0.3, 0.4) is 0 Å². The van der Waals surface area contributed by atoms with Gasteiger partial charge in [0.15, 0.2) is 0 Å². The van der Waals surface area contributed by atoms with E-state index >= 15 is 0 Å². The number of carbonyl (C=O) groups is 2. The lowest BCUT2D eigenvalue weighted by atomic mass is 9.89. The van der Waals surface area contributed by atoms with Gasteiger partial charge in [-0.15, -0.1) is 0 Å². The summed E-state index contributed by atoms with van der Waals surface area (Å²) in [7, 11) is 0. The van der Waals surface area contributed by atoms with Crippen molar-refractivity contribution in [2.24, 2.45) is 11.8 Å². The van der Waals surface area contributed by atoms with Gasteiger partial charge in [0.1, 0.15) is 0 Å². The zero-order valence-corrected chi connectivity index (χ0v) is 14.0. The third-order valence-corrected chi connectivity index (χ3v) is 5.05. The summed E-state index contributed by atoms with van der Waals surface area (Å²) in [6.45, 7) is 0. The molecule has 3 rings (SSSR count). The van der Waals surface area contributed by atoms with Gasteiger partial charge in [-0.3, -0.25) is 9.59 Å². The molecule has 4 nitrogen and oxygen atoms in total. The molecule has 0 aromatic heterocycles. The van der Waals surface area contributed by atoms with Crippen molar-refractivity contribution in [3.63, 3.8) is 0 Å². The Bertz CT molecular complexity index is 528. The maximum Gasteiger partial charge on any atom is 0.227 e. The highest BCUT2D eigenvalue weighted by molar-refractivity contribution is 5.82. The van der Waals surface area contributed by atoms with Crippen LogP contribution in [0.1, 0.15) is 38.5 Å². The van der Waals surface area contributed by atoms with Crippen molar-refractivity contribution >= 4 is 11.8 Å². The first-order valence-electron chi connectivity index (χ1n) is 9.00. The summed E-state index contributed by atoms with van der Waals surface area (Å²) in [6.07, 6.45) is 21.2. The minimum absolute atomic E-state index is 0.0291. The summed E-state index contributed by atoms with van der Waals surface area (Å²) < 4.78 is 0. The number of hydrogen-bond acceptors (Lipinski definition) is 2.